The molecule has 1 heteroatoms. The molecule has 0 amide bonds. The van der Waals surface area contributed by atoms with Gasteiger partial charge < -0.3 is 4.74 Å². The maximum atomic E-state index is 5.65. The predicted octanol–water partition coefficient (Wildman–Crippen LogP) is 2.61. The molecule has 0 bridgehead atoms. The molecule has 1 unspecified atom stereocenters. The van der Waals surface area contributed by atoms with Crippen molar-refractivity contribution in [2.24, 2.45) is 0 Å². The lowest BCUT2D eigenvalue weighted by Crippen LogP contribution is -2.19. The molecule has 0 aromatic carbocycles. The highest BCUT2D eigenvalue weighted by Gasteiger charge is 2.18. The highest BCUT2D eigenvalue weighted by atomic mass is 16.5. The fourth-order valence-corrected chi connectivity index (χ4v) is 1.68. The molecule has 0 spiro atoms. The lowest BCUT2D eigenvalue weighted by atomic mass is 10.00. The van der Waals surface area contributed by atoms with E-state index in [2.05, 4.69) is 31.2 Å². The number of hydrogen-bond acceptors (Lipinski definition) is 1. The zero-order chi connectivity index (χ0) is 8.39. The molecule has 0 fully saturated rings. The summed E-state index contributed by atoms with van der Waals surface area (Å²) in [6, 6.07) is 0. The first-order valence-electron chi connectivity index (χ1n) is 4.49. The van der Waals surface area contributed by atoms with Crippen molar-refractivity contribution < 1.29 is 4.74 Å². The van der Waals surface area contributed by atoms with Crippen LogP contribution in [0.1, 0.15) is 19.8 Å². The van der Waals surface area contributed by atoms with Gasteiger partial charge in [0.1, 0.15) is 0 Å². The Bertz CT molecular complexity index is 258. The smallest absolute Gasteiger partial charge is 0.0832 e. The van der Waals surface area contributed by atoms with Gasteiger partial charge in [-0.2, -0.15) is 0 Å². The second-order valence-corrected chi connectivity index (χ2v) is 3.45. The molecular formula is C11H14O. The van der Waals surface area contributed by atoms with Gasteiger partial charge in [-0.3, -0.25) is 0 Å². The van der Waals surface area contributed by atoms with E-state index in [0.29, 0.717) is 6.10 Å². The Morgan fingerprint density at radius 3 is 3.08 bits per heavy atom. The number of hydrogen-bond donors (Lipinski definition) is 0. The normalized spacial score (nSPS) is 28.6. The Morgan fingerprint density at radius 1 is 1.50 bits per heavy atom. The van der Waals surface area contributed by atoms with Crippen molar-refractivity contribution in [3.63, 3.8) is 0 Å². The first-order valence-corrected chi connectivity index (χ1v) is 4.49. The van der Waals surface area contributed by atoms with E-state index in [1.165, 1.54) is 11.1 Å². The first kappa shape index (κ1) is 7.81. The summed E-state index contributed by atoms with van der Waals surface area (Å²) in [4.78, 5) is 0. The quantitative estimate of drug-likeness (QED) is 0.538. The molecule has 0 aromatic heterocycles. The van der Waals surface area contributed by atoms with Gasteiger partial charge in [0, 0.05) is 0 Å². The van der Waals surface area contributed by atoms with Crippen LogP contribution in [0.25, 0.3) is 0 Å². The molecule has 1 nitrogen and oxygen atoms in total. The Labute approximate surface area is 73.4 Å². The van der Waals surface area contributed by atoms with Gasteiger partial charge in [-0.1, -0.05) is 29.9 Å². The molecule has 0 N–H and O–H groups in total. The maximum absolute atomic E-state index is 5.65. The van der Waals surface area contributed by atoms with Crippen molar-refractivity contribution in [1.29, 1.82) is 0 Å². The van der Waals surface area contributed by atoms with E-state index in [-0.39, 0.29) is 0 Å². The van der Waals surface area contributed by atoms with Gasteiger partial charge in [-0.15, -0.1) is 0 Å². The van der Waals surface area contributed by atoms with E-state index in [9.17, 15) is 0 Å². The van der Waals surface area contributed by atoms with Gasteiger partial charge in [0.15, 0.2) is 0 Å². The number of ether oxygens (including phenoxy) is 1. The summed E-state index contributed by atoms with van der Waals surface area (Å²) >= 11 is 0. The SMILES string of the molecule is CC1=CCOC(C2=CC=CC2)C1. The predicted molar refractivity (Wildman–Crippen MR) is 50.0 cm³/mol. The highest BCUT2D eigenvalue weighted by Crippen LogP contribution is 2.25. The molecule has 2 rings (SSSR count). The summed E-state index contributed by atoms with van der Waals surface area (Å²) < 4.78 is 5.65. The zero-order valence-electron chi connectivity index (χ0n) is 7.42. The van der Waals surface area contributed by atoms with Crippen LogP contribution in [0.2, 0.25) is 0 Å². The molecule has 1 aliphatic heterocycles. The van der Waals surface area contributed by atoms with Gasteiger partial charge in [-0.05, 0) is 25.3 Å². The minimum absolute atomic E-state index is 0.352. The van der Waals surface area contributed by atoms with Gasteiger partial charge in [0.25, 0.3) is 0 Å². The van der Waals surface area contributed by atoms with Crippen LogP contribution in [0, 0.1) is 0 Å². The first-order chi connectivity index (χ1) is 5.86. The Hall–Kier alpha value is -0.820. The molecule has 1 atom stereocenters. The highest BCUT2D eigenvalue weighted by molar-refractivity contribution is 5.28. The topological polar surface area (TPSA) is 9.23 Å². The monoisotopic (exact) mass is 162 g/mol. The average molecular weight is 162 g/mol. The summed E-state index contributed by atoms with van der Waals surface area (Å²) in [5, 5.41) is 0. The summed E-state index contributed by atoms with van der Waals surface area (Å²) in [5.41, 5.74) is 2.89. The summed E-state index contributed by atoms with van der Waals surface area (Å²) in [7, 11) is 0. The second kappa shape index (κ2) is 3.28. The van der Waals surface area contributed by atoms with Gasteiger partial charge in [0.05, 0.1) is 12.7 Å². The zero-order valence-corrected chi connectivity index (χ0v) is 7.42. The van der Waals surface area contributed by atoms with Crippen molar-refractivity contribution in [2.75, 3.05) is 6.61 Å². The van der Waals surface area contributed by atoms with Crippen molar-refractivity contribution >= 4 is 0 Å². The minimum atomic E-state index is 0.352. The third kappa shape index (κ3) is 1.51. The molecule has 1 heterocycles. The van der Waals surface area contributed by atoms with Crippen molar-refractivity contribution in [3.8, 4) is 0 Å². The molecule has 0 saturated heterocycles. The van der Waals surface area contributed by atoms with Crippen LogP contribution in [-0.4, -0.2) is 12.7 Å². The van der Waals surface area contributed by atoms with Crippen LogP contribution in [0.3, 0.4) is 0 Å². The van der Waals surface area contributed by atoms with Crippen molar-refractivity contribution in [1.82, 2.24) is 0 Å². The Kier molecular flexibility index (Phi) is 2.13. The fraction of sp³-hybridized carbons (Fsp3) is 0.455. The van der Waals surface area contributed by atoms with Gasteiger partial charge in [-0.25, -0.2) is 0 Å². The van der Waals surface area contributed by atoms with E-state index in [4.69, 9.17) is 4.74 Å². The fourth-order valence-electron chi connectivity index (χ4n) is 1.68. The van der Waals surface area contributed by atoms with Crippen LogP contribution in [0.15, 0.2) is 35.5 Å². The van der Waals surface area contributed by atoms with E-state index in [0.717, 1.165) is 19.4 Å². The van der Waals surface area contributed by atoms with Crippen LogP contribution in [0.5, 0.6) is 0 Å². The lowest BCUT2D eigenvalue weighted by Gasteiger charge is -2.22. The van der Waals surface area contributed by atoms with E-state index < -0.39 is 0 Å². The van der Waals surface area contributed by atoms with E-state index in [1.54, 1.807) is 0 Å². The maximum Gasteiger partial charge on any atom is 0.0832 e. The third-order valence-corrected chi connectivity index (χ3v) is 2.45. The van der Waals surface area contributed by atoms with Crippen LogP contribution in [-0.2, 0) is 4.74 Å². The number of allylic oxidation sites excluding steroid dienone is 3. The average Bonchev–Trinajstić information content (AvgIpc) is 2.56. The van der Waals surface area contributed by atoms with Gasteiger partial charge in [0.2, 0.25) is 0 Å². The van der Waals surface area contributed by atoms with E-state index >= 15 is 0 Å². The van der Waals surface area contributed by atoms with Crippen LogP contribution < -0.4 is 0 Å². The summed E-state index contributed by atoms with van der Waals surface area (Å²) in [6.07, 6.45) is 11.2. The van der Waals surface area contributed by atoms with Crippen molar-refractivity contribution in [2.45, 2.75) is 25.9 Å². The minimum Gasteiger partial charge on any atom is -0.369 e. The standard InChI is InChI=1S/C11H14O/c1-9-6-7-12-11(8-9)10-4-2-3-5-10/h2-4,6,11H,5,7-8H2,1H3. The Balaban J connectivity index is 2.02. The summed E-state index contributed by atoms with van der Waals surface area (Å²) in [6.45, 7) is 2.96. The summed E-state index contributed by atoms with van der Waals surface area (Å²) in [5.74, 6) is 0. The molecule has 12 heavy (non-hydrogen) atoms. The largest absolute Gasteiger partial charge is 0.369 e. The second-order valence-electron chi connectivity index (χ2n) is 3.45. The molecule has 0 aromatic rings. The van der Waals surface area contributed by atoms with Crippen LogP contribution in [0.4, 0.5) is 0 Å². The number of rotatable bonds is 1. The molecule has 1 aliphatic carbocycles. The van der Waals surface area contributed by atoms with Crippen LogP contribution >= 0.6 is 0 Å². The molecule has 64 valence electrons. The molecule has 0 saturated carbocycles. The third-order valence-electron chi connectivity index (χ3n) is 2.45. The Morgan fingerprint density at radius 2 is 2.42 bits per heavy atom. The molecule has 0 radical (unpaired) electrons. The van der Waals surface area contributed by atoms with Gasteiger partial charge >= 0.3 is 0 Å². The molecule has 2 aliphatic rings. The van der Waals surface area contributed by atoms with E-state index in [1.807, 2.05) is 0 Å². The molecular weight excluding hydrogens is 148 g/mol. The van der Waals surface area contributed by atoms with Crippen molar-refractivity contribution in [3.05, 3.63) is 35.5 Å². The lowest BCUT2D eigenvalue weighted by molar-refractivity contribution is 0.0894.